The molecule has 1 aromatic carbocycles. The molecule has 4 rings (SSSR count). The molecule has 0 aliphatic carbocycles. The number of aromatic nitrogens is 1. The van der Waals surface area contributed by atoms with Gasteiger partial charge in [-0.1, -0.05) is 24.1 Å². The number of benzene rings is 1. The molecule has 0 bridgehead atoms. The molecular formula is C17H12N4O2. The number of terminal acetylenes is 1. The number of nitrogens with one attached hydrogen (secondary N) is 2. The van der Waals surface area contributed by atoms with E-state index in [2.05, 4.69) is 21.5 Å². The lowest BCUT2D eigenvalue weighted by molar-refractivity contribution is -0.123. The predicted octanol–water partition coefficient (Wildman–Crippen LogP) is 1.07. The molecule has 2 aromatic rings. The summed E-state index contributed by atoms with van der Waals surface area (Å²) in [6.45, 7) is 0.129. The van der Waals surface area contributed by atoms with Crippen molar-refractivity contribution in [2.75, 3.05) is 16.8 Å². The van der Waals surface area contributed by atoms with Gasteiger partial charge in [0, 0.05) is 11.8 Å². The van der Waals surface area contributed by atoms with Gasteiger partial charge in [-0.3, -0.25) is 14.5 Å². The first-order chi connectivity index (χ1) is 11.2. The molecular weight excluding hydrogens is 292 g/mol. The summed E-state index contributed by atoms with van der Waals surface area (Å²) in [5.74, 6) is 2.19. The number of hydrogen-bond acceptors (Lipinski definition) is 4. The predicted molar refractivity (Wildman–Crippen MR) is 84.6 cm³/mol. The van der Waals surface area contributed by atoms with E-state index in [9.17, 15) is 9.59 Å². The van der Waals surface area contributed by atoms with Crippen LogP contribution in [-0.2, 0) is 10.5 Å². The summed E-state index contributed by atoms with van der Waals surface area (Å²) in [6, 6.07) is 10.6. The molecule has 2 aliphatic rings. The minimum Gasteiger partial charge on any atom is -0.335 e. The second kappa shape index (κ2) is 4.58. The summed E-state index contributed by atoms with van der Waals surface area (Å²) in [7, 11) is 0. The van der Waals surface area contributed by atoms with Crippen molar-refractivity contribution in [2.45, 2.75) is 5.66 Å². The molecule has 2 aliphatic heterocycles. The molecule has 3 heterocycles. The van der Waals surface area contributed by atoms with Gasteiger partial charge in [0.05, 0.1) is 17.8 Å². The maximum absolute atomic E-state index is 13.0. The number of carbonyl (C=O) groups is 2. The molecule has 0 fully saturated rings. The van der Waals surface area contributed by atoms with Crippen LogP contribution < -0.4 is 15.5 Å². The Hall–Kier alpha value is -3.33. The van der Waals surface area contributed by atoms with Gasteiger partial charge in [0.25, 0.3) is 11.8 Å². The molecule has 1 atom stereocenters. The summed E-state index contributed by atoms with van der Waals surface area (Å²) >= 11 is 0. The minimum absolute atomic E-state index is 0.129. The zero-order chi connectivity index (χ0) is 16.0. The minimum atomic E-state index is -1.37. The standard InChI is InChI=1S/C17H12N4O2/c1-2-10-21-13-8-4-3-7-12(13)17(16(21)23)19-14-11(15(22)20-17)6-5-9-18-14/h1,3-9H,10H2,(H,18,19)(H,20,22). The summed E-state index contributed by atoms with van der Waals surface area (Å²) in [5.41, 5.74) is 0.373. The number of fused-ring (bicyclic) bond motifs is 3. The highest BCUT2D eigenvalue weighted by molar-refractivity contribution is 6.15. The Morgan fingerprint density at radius 2 is 2.00 bits per heavy atom. The van der Waals surface area contributed by atoms with E-state index in [4.69, 9.17) is 6.42 Å². The molecule has 2 N–H and O–H groups in total. The lowest BCUT2D eigenvalue weighted by Crippen LogP contribution is -2.60. The number of anilines is 2. The van der Waals surface area contributed by atoms with Crippen LogP contribution in [0.25, 0.3) is 0 Å². The third-order valence-corrected chi connectivity index (χ3v) is 4.07. The monoisotopic (exact) mass is 304 g/mol. The number of para-hydroxylation sites is 1. The lowest BCUT2D eigenvalue weighted by Gasteiger charge is -2.35. The number of pyridine rings is 1. The Morgan fingerprint density at radius 1 is 1.17 bits per heavy atom. The molecule has 0 saturated carbocycles. The summed E-state index contributed by atoms with van der Waals surface area (Å²) in [5, 5.41) is 5.89. The fourth-order valence-corrected chi connectivity index (χ4v) is 3.08. The molecule has 112 valence electrons. The summed E-state index contributed by atoms with van der Waals surface area (Å²) < 4.78 is 0. The van der Waals surface area contributed by atoms with Gasteiger partial charge in [-0.2, -0.15) is 0 Å². The van der Waals surface area contributed by atoms with Crippen LogP contribution in [0.3, 0.4) is 0 Å². The Labute approximate surface area is 132 Å². The van der Waals surface area contributed by atoms with E-state index >= 15 is 0 Å². The fourth-order valence-electron chi connectivity index (χ4n) is 3.08. The Balaban J connectivity index is 1.91. The van der Waals surface area contributed by atoms with Crippen LogP contribution in [-0.4, -0.2) is 23.3 Å². The molecule has 1 spiro atoms. The second-order valence-electron chi connectivity index (χ2n) is 5.34. The van der Waals surface area contributed by atoms with Crippen LogP contribution in [0.15, 0.2) is 42.6 Å². The van der Waals surface area contributed by atoms with Crippen LogP contribution in [0, 0.1) is 12.3 Å². The van der Waals surface area contributed by atoms with E-state index in [1.54, 1.807) is 30.5 Å². The highest BCUT2D eigenvalue weighted by atomic mass is 16.2. The average molecular weight is 304 g/mol. The molecule has 6 nitrogen and oxygen atoms in total. The van der Waals surface area contributed by atoms with Crippen molar-refractivity contribution in [3.63, 3.8) is 0 Å². The van der Waals surface area contributed by atoms with Gasteiger partial charge >= 0.3 is 0 Å². The molecule has 0 saturated heterocycles. The van der Waals surface area contributed by atoms with E-state index in [-0.39, 0.29) is 18.4 Å². The third-order valence-electron chi connectivity index (χ3n) is 4.07. The molecule has 23 heavy (non-hydrogen) atoms. The van der Waals surface area contributed by atoms with E-state index < -0.39 is 5.66 Å². The van der Waals surface area contributed by atoms with E-state index in [1.807, 2.05) is 12.1 Å². The molecule has 1 unspecified atom stereocenters. The van der Waals surface area contributed by atoms with Crippen LogP contribution in [0.4, 0.5) is 11.5 Å². The van der Waals surface area contributed by atoms with E-state index in [0.717, 1.165) is 0 Å². The van der Waals surface area contributed by atoms with Crippen molar-refractivity contribution >= 4 is 23.3 Å². The van der Waals surface area contributed by atoms with Crippen LogP contribution in [0.1, 0.15) is 15.9 Å². The zero-order valence-corrected chi connectivity index (χ0v) is 12.0. The summed E-state index contributed by atoms with van der Waals surface area (Å²) in [6.07, 6.45) is 6.96. The van der Waals surface area contributed by atoms with Gasteiger partial charge < -0.3 is 10.6 Å². The van der Waals surface area contributed by atoms with E-state index in [1.165, 1.54) is 4.90 Å². The molecule has 0 radical (unpaired) electrons. The van der Waals surface area contributed by atoms with Crippen molar-refractivity contribution < 1.29 is 9.59 Å². The van der Waals surface area contributed by atoms with Crippen molar-refractivity contribution in [2.24, 2.45) is 0 Å². The number of rotatable bonds is 1. The zero-order valence-electron chi connectivity index (χ0n) is 12.0. The van der Waals surface area contributed by atoms with Gasteiger partial charge in [0.15, 0.2) is 0 Å². The maximum atomic E-state index is 13.0. The average Bonchev–Trinajstić information content (AvgIpc) is 2.78. The SMILES string of the molecule is C#CCN1C(=O)C2(NC(=O)c3cccnc3N2)c2ccccc21. The Morgan fingerprint density at radius 3 is 2.83 bits per heavy atom. The highest BCUT2D eigenvalue weighted by Gasteiger charge is 2.54. The van der Waals surface area contributed by atoms with Crippen molar-refractivity contribution in [3.8, 4) is 12.3 Å². The van der Waals surface area contributed by atoms with Crippen LogP contribution >= 0.6 is 0 Å². The smallest absolute Gasteiger partial charge is 0.279 e. The fraction of sp³-hybridized carbons (Fsp3) is 0.118. The maximum Gasteiger partial charge on any atom is 0.279 e. The van der Waals surface area contributed by atoms with Gasteiger partial charge in [0.1, 0.15) is 5.82 Å². The largest absolute Gasteiger partial charge is 0.335 e. The quantitative estimate of drug-likeness (QED) is 0.773. The molecule has 1 aromatic heterocycles. The van der Waals surface area contributed by atoms with Gasteiger partial charge in [-0.25, -0.2) is 4.98 Å². The summed E-state index contributed by atoms with van der Waals surface area (Å²) in [4.78, 5) is 31.1. The van der Waals surface area contributed by atoms with E-state index in [0.29, 0.717) is 22.6 Å². The van der Waals surface area contributed by atoms with Gasteiger partial charge in [-0.15, -0.1) is 6.42 Å². The topological polar surface area (TPSA) is 74.3 Å². The van der Waals surface area contributed by atoms with Gasteiger partial charge in [0.2, 0.25) is 5.66 Å². The van der Waals surface area contributed by atoms with Gasteiger partial charge in [-0.05, 0) is 18.2 Å². The number of carbonyl (C=O) groups excluding carboxylic acids is 2. The number of nitrogens with zero attached hydrogens (tertiary/aromatic N) is 2. The molecule has 6 heteroatoms. The number of hydrogen-bond donors (Lipinski definition) is 2. The normalized spacial score (nSPS) is 21.3. The Kier molecular flexibility index (Phi) is 2.66. The third kappa shape index (κ3) is 1.67. The van der Waals surface area contributed by atoms with Crippen molar-refractivity contribution in [1.29, 1.82) is 0 Å². The van der Waals surface area contributed by atoms with Crippen molar-refractivity contribution in [3.05, 3.63) is 53.7 Å². The first-order valence-corrected chi connectivity index (χ1v) is 7.08. The lowest BCUT2D eigenvalue weighted by atomic mass is 9.97. The van der Waals surface area contributed by atoms with Crippen LogP contribution in [0.5, 0.6) is 0 Å². The highest BCUT2D eigenvalue weighted by Crippen LogP contribution is 2.42. The number of amides is 2. The first-order valence-electron chi connectivity index (χ1n) is 7.08. The van der Waals surface area contributed by atoms with Crippen LogP contribution in [0.2, 0.25) is 0 Å². The first kappa shape index (κ1) is 13.3. The molecule has 2 amide bonds. The van der Waals surface area contributed by atoms with Crippen molar-refractivity contribution in [1.82, 2.24) is 10.3 Å². The Bertz CT molecular complexity index is 886. The second-order valence-corrected chi connectivity index (χ2v) is 5.34.